The smallest absolute Gasteiger partial charge is 0.253 e. The molecule has 1 atom stereocenters. The van der Waals surface area contributed by atoms with Crippen molar-refractivity contribution in [3.8, 4) is 0 Å². The lowest BCUT2D eigenvalue weighted by molar-refractivity contribution is 0.0748. The molecule has 1 aromatic rings. The van der Waals surface area contributed by atoms with Gasteiger partial charge in [0.2, 0.25) is 0 Å². The van der Waals surface area contributed by atoms with Crippen LogP contribution < -0.4 is 5.73 Å². The molecule has 5 heteroatoms. The summed E-state index contributed by atoms with van der Waals surface area (Å²) < 4.78 is 13.0. The number of nitrogens with zero attached hydrogens (tertiary/aromatic N) is 1. The molecule has 1 amide bonds. The Bertz CT molecular complexity index is 398. The first-order valence-corrected chi connectivity index (χ1v) is 5.20. The van der Waals surface area contributed by atoms with Crippen LogP contribution in [0.3, 0.4) is 0 Å². The minimum Gasteiger partial charge on any atom is -0.338 e. The van der Waals surface area contributed by atoms with E-state index in [4.69, 9.17) is 5.73 Å². The van der Waals surface area contributed by atoms with E-state index in [1.54, 1.807) is 24.9 Å². The summed E-state index contributed by atoms with van der Waals surface area (Å²) in [5.41, 5.74) is 6.45. The Morgan fingerprint density at radius 1 is 1.53 bits per heavy atom. The van der Waals surface area contributed by atoms with E-state index in [-0.39, 0.29) is 30.2 Å². The highest BCUT2D eigenvalue weighted by Crippen LogP contribution is 2.12. The van der Waals surface area contributed by atoms with Gasteiger partial charge >= 0.3 is 0 Å². The fourth-order valence-electron chi connectivity index (χ4n) is 1.34. The van der Waals surface area contributed by atoms with Crippen LogP contribution in [0, 0.1) is 12.7 Å². The predicted molar refractivity (Wildman–Crippen MR) is 69.0 cm³/mol. The first-order valence-electron chi connectivity index (χ1n) is 5.20. The van der Waals surface area contributed by atoms with Crippen LogP contribution in [0.4, 0.5) is 4.39 Å². The first kappa shape index (κ1) is 15.9. The zero-order valence-electron chi connectivity index (χ0n) is 10.2. The van der Waals surface area contributed by atoms with Gasteiger partial charge in [0.05, 0.1) is 0 Å². The van der Waals surface area contributed by atoms with Gasteiger partial charge in [-0.25, -0.2) is 4.39 Å². The van der Waals surface area contributed by atoms with Crippen LogP contribution in [0.1, 0.15) is 22.8 Å². The SMILES string of the molecule is Cc1cc(C(=O)N(C)C(C)CN)ccc1F.Cl. The Labute approximate surface area is 107 Å². The van der Waals surface area contributed by atoms with Gasteiger partial charge in [-0.05, 0) is 37.6 Å². The Morgan fingerprint density at radius 3 is 2.59 bits per heavy atom. The van der Waals surface area contributed by atoms with Crippen LogP contribution in [0.5, 0.6) is 0 Å². The normalized spacial score (nSPS) is 11.6. The number of aryl methyl sites for hydroxylation is 1. The molecule has 0 spiro atoms. The van der Waals surface area contributed by atoms with Crippen molar-refractivity contribution >= 4 is 18.3 Å². The van der Waals surface area contributed by atoms with E-state index < -0.39 is 0 Å². The maximum Gasteiger partial charge on any atom is 0.253 e. The first-order chi connectivity index (χ1) is 7.47. The molecule has 0 saturated heterocycles. The van der Waals surface area contributed by atoms with Crippen molar-refractivity contribution in [1.29, 1.82) is 0 Å². The number of carbonyl (C=O) groups excluding carboxylic acids is 1. The summed E-state index contributed by atoms with van der Waals surface area (Å²) in [6, 6.07) is 4.32. The Morgan fingerprint density at radius 2 is 2.12 bits per heavy atom. The maximum atomic E-state index is 13.0. The number of hydrogen-bond acceptors (Lipinski definition) is 2. The van der Waals surface area contributed by atoms with Crippen molar-refractivity contribution in [3.63, 3.8) is 0 Å². The number of benzene rings is 1. The summed E-state index contributed by atoms with van der Waals surface area (Å²) in [6.45, 7) is 3.91. The fourth-order valence-corrected chi connectivity index (χ4v) is 1.34. The molecule has 0 aromatic heterocycles. The third kappa shape index (κ3) is 3.68. The van der Waals surface area contributed by atoms with Gasteiger partial charge in [0, 0.05) is 25.2 Å². The highest BCUT2D eigenvalue weighted by atomic mass is 35.5. The lowest BCUT2D eigenvalue weighted by atomic mass is 10.1. The van der Waals surface area contributed by atoms with Crippen LogP contribution in [0.2, 0.25) is 0 Å². The molecule has 96 valence electrons. The number of hydrogen-bond donors (Lipinski definition) is 1. The second-order valence-corrected chi connectivity index (χ2v) is 3.96. The summed E-state index contributed by atoms with van der Waals surface area (Å²) in [4.78, 5) is 13.5. The highest BCUT2D eigenvalue weighted by molar-refractivity contribution is 5.94. The quantitative estimate of drug-likeness (QED) is 0.903. The third-order valence-corrected chi connectivity index (χ3v) is 2.73. The number of rotatable bonds is 3. The molecule has 1 aromatic carbocycles. The third-order valence-electron chi connectivity index (χ3n) is 2.73. The van der Waals surface area contributed by atoms with E-state index in [2.05, 4.69) is 0 Å². The molecule has 17 heavy (non-hydrogen) atoms. The average Bonchev–Trinajstić information content (AvgIpc) is 2.29. The summed E-state index contributed by atoms with van der Waals surface area (Å²) >= 11 is 0. The van der Waals surface area contributed by atoms with Crippen molar-refractivity contribution in [1.82, 2.24) is 4.90 Å². The second kappa shape index (κ2) is 6.57. The zero-order chi connectivity index (χ0) is 12.3. The number of nitrogens with two attached hydrogens (primary N) is 1. The summed E-state index contributed by atoms with van der Waals surface area (Å²) in [5, 5.41) is 0. The van der Waals surface area contributed by atoms with Crippen molar-refractivity contribution in [2.24, 2.45) is 5.73 Å². The molecule has 3 nitrogen and oxygen atoms in total. The molecular weight excluding hydrogens is 243 g/mol. The monoisotopic (exact) mass is 260 g/mol. The predicted octanol–water partition coefficient (Wildman–Crippen LogP) is 1.98. The van der Waals surface area contributed by atoms with E-state index in [0.29, 0.717) is 17.7 Å². The number of likely N-dealkylation sites (N-methyl/N-ethyl adjacent to an activating group) is 1. The average molecular weight is 261 g/mol. The molecule has 1 rings (SSSR count). The summed E-state index contributed by atoms with van der Waals surface area (Å²) in [5.74, 6) is -0.438. The van der Waals surface area contributed by atoms with Crippen molar-refractivity contribution in [2.75, 3.05) is 13.6 Å². The van der Waals surface area contributed by atoms with Crippen molar-refractivity contribution < 1.29 is 9.18 Å². The molecule has 0 saturated carbocycles. The van der Waals surface area contributed by atoms with Gasteiger partial charge in [-0.2, -0.15) is 0 Å². The van der Waals surface area contributed by atoms with Gasteiger partial charge in [0.1, 0.15) is 5.82 Å². The van der Waals surface area contributed by atoms with Gasteiger partial charge in [0.15, 0.2) is 0 Å². The second-order valence-electron chi connectivity index (χ2n) is 3.96. The minimum absolute atomic E-state index is 0. The molecule has 0 aliphatic heterocycles. The van der Waals surface area contributed by atoms with Crippen LogP contribution in [-0.2, 0) is 0 Å². The van der Waals surface area contributed by atoms with Crippen LogP contribution in [-0.4, -0.2) is 30.4 Å². The van der Waals surface area contributed by atoms with E-state index in [0.717, 1.165) is 0 Å². The molecule has 0 radical (unpaired) electrons. The van der Waals surface area contributed by atoms with Gasteiger partial charge in [-0.15, -0.1) is 12.4 Å². The van der Waals surface area contributed by atoms with Crippen LogP contribution in [0.25, 0.3) is 0 Å². The Balaban J connectivity index is 0.00000256. The summed E-state index contributed by atoms with van der Waals surface area (Å²) in [6.07, 6.45) is 0. The lowest BCUT2D eigenvalue weighted by Crippen LogP contribution is -2.39. The molecule has 0 heterocycles. The molecule has 0 bridgehead atoms. The number of carbonyl (C=O) groups is 1. The lowest BCUT2D eigenvalue weighted by Gasteiger charge is -2.23. The standard InChI is InChI=1S/C12H17FN2O.ClH/c1-8-6-10(4-5-11(8)13)12(16)15(3)9(2)7-14;/h4-6,9H,7,14H2,1-3H3;1H. The summed E-state index contributed by atoms with van der Waals surface area (Å²) in [7, 11) is 1.69. The van der Waals surface area contributed by atoms with Gasteiger partial charge in [-0.3, -0.25) is 4.79 Å². The molecule has 0 aliphatic carbocycles. The Kier molecular flexibility index (Phi) is 6.13. The van der Waals surface area contributed by atoms with E-state index >= 15 is 0 Å². The van der Waals surface area contributed by atoms with Gasteiger partial charge in [-0.1, -0.05) is 0 Å². The molecular formula is C12H18ClFN2O. The topological polar surface area (TPSA) is 46.3 Å². The van der Waals surface area contributed by atoms with Gasteiger partial charge < -0.3 is 10.6 Å². The number of amides is 1. The van der Waals surface area contributed by atoms with Crippen LogP contribution >= 0.6 is 12.4 Å². The fraction of sp³-hybridized carbons (Fsp3) is 0.417. The molecule has 0 aliphatic rings. The zero-order valence-corrected chi connectivity index (χ0v) is 11.1. The molecule has 2 N–H and O–H groups in total. The largest absolute Gasteiger partial charge is 0.338 e. The molecule has 0 fully saturated rings. The minimum atomic E-state index is -0.300. The van der Waals surface area contributed by atoms with Crippen molar-refractivity contribution in [2.45, 2.75) is 19.9 Å². The maximum absolute atomic E-state index is 13.0. The van der Waals surface area contributed by atoms with Gasteiger partial charge in [0.25, 0.3) is 5.91 Å². The Hall–Kier alpha value is -1.13. The van der Waals surface area contributed by atoms with Crippen LogP contribution in [0.15, 0.2) is 18.2 Å². The van der Waals surface area contributed by atoms with E-state index in [1.807, 2.05) is 6.92 Å². The highest BCUT2D eigenvalue weighted by Gasteiger charge is 2.16. The molecule has 1 unspecified atom stereocenters. The van der Waals surface area contributed by atoms with E-state index in [9.17, 15) is 9.18 Å². The number of halogens is 2. The van der Waals surface area contributed by atoms with E-state index in [1.165, 1.54) is 12.1 Å². The van der Waals surface area contributed by atoms with Crippen molar-refractivity contribution in [3.05, 3.63) is 35.1 Å².